The van der Waals surface area contributed by atoms with Crippen LogP contribution in [0.15, 0.2) is 23.6 Å². The monoisotopic (exact) mass is 222 g/mol. The third-order valence-electron chi connectivity index (χ3n) is 2.21. The quantitative estimate of drug-likeness (QED) is 0.353. The van der Waals surface area contributed by atoms with Crippen molar-refractivity contribution in [2.24, 2.45) is 5.92 Å². The Bertz CT molecular complexity index is 439. The zero-order valence-electron chi connectivity index (χ0n) is 6.89. The Balaban J connectivity index is 2.64. The minimum atomic E-state index is -3.56. The molecule has 0 aromatic rings. The molecule has 80 valence electrons. The number of cyclic esters (lactones) is 2. The zero-order valence-corrected chi connectivity index (χ0v) is 6.89. The highest BCUT2D eigenvalue weighted by molar-refractivity contribution is 6.04. The van der Waals surface area contributed by atoms with E-state index < -0.39 is 41.0 Å². The first-order chi connectivity index (χ1) is 6.89. The maximum atomic E-state index is 13.6. The van der Waals surface area contributed by atoms with E-state index in [9.17, 15) is 27.2 Å². The molecule has 0 aromatic carbocycles. The molecule has 0 spiro atoms. The van der Waals surface area contributed by atoms with E-state index in [1.165, 1.54) is 0 Å². The summed E-state index contributed by atoms with van der Waals surface area (Å²) >= 11 is 0. The number of carbonyl (C=O) groups excluding carboxylic acids is 2. The Morgan fingerprint density at radius 2 is 1.87 bits per heavy atom. The maximum absolute atomic E-state index is 13.6. The normalized spacial score (nSPS) is 35.2. The number of rotatable bonds is 0. The lowest BCUT2D eigenvalue weighted by Crippen LogP contribution is -2.39. The van der Waals surface area contributed by atoms with Gasteiger partial charge in [0.1, 0.15) is 5.92 Å². The molecule has 1 fully saturated rings. The zero-order chi connectivity index (χ0) is 11.4. The molecule has 1 heterocycles. The first kappa shape index (κ1) is 9.88. The highest BCUT2D eigenvalue weighted by Crippen LogP contribution is 2.46. The van der Waals surface area contributed by atoms with E-state index in [2.05, 4.69) is 4.74 Å². The maximum Gasteiger partial charge on any atom is 0.360 e. The molecule has 0 aromatic heterocycles. The van der Waals surface area contributed by atoms with E-state index in [1.54, 1.807) is 0 Å². The molecule has 3 nitrogen and oxygen atoms in total. The fraction of sp³-hybridized carbons (Fsp3) is 0.250. The van der Waals surface area contributed by atoms with Gasteiger partial charge in [0.2, 0.25) is 0 Å². The van der Waals surface area contributed by atoms with Crippen LogP contribution < -0.4 is 0 Å². The Kier molecular flexibility index (Phi) is 1.76. The fourth-order valence-corrected chi connectivity index (χ4v) is 1.41. The van der Waals surface area contributed by atoms with Gasteiger partial charge in [-0.3, -0.25) is 4.79 Å². The number of hydrogen-bond acceptors (Lipinski definition) is 3. The second-order valence-electron chi connectivity index (χ2n) is 3.04. The molecule has 0 bridgehead atoms. The van der Waals surface area contributed by atoms with Crippen molar-refractivity contribution in [1.29, 1.82) is 0 Å². The van der Waals surface area contributed by atoms with Gasteiger partial charge in [-0.15, -0.1) is 0 Å². The molecule has 1 saturated heterocycles. The predicted molar refractivity (Wildman–Crippen MR) is 36.9 cm³/mol. The van der Waals surface area contributed by atoms with Crippen LogP contribution in [0.3, 0.4) is 0 Å². The lowest BCUT2D eigenvalue weighted by atomic mass is 9.86. The van der Waals surface area contributed by atoms with E-state index in [-0.39, 0.29) is 6.08 Å². The van der Waals surface area contributed by atoms with Crippen LogP contribution in [-0.2, 0) is 14.3 Å². The summed E-state index contributed by atoms with van der Waals surface area (Å²) in [5, 5.41) is 0. The van der Waals surface area contributed by atoms with Crippen LogP contribution in [0.25, 0.3) is 0 Å². The number of allylic oxidation sites excluding steroid dienone is 2. The lowest BCUT2D eigenvalue weighted by molar-refractivity contribution is -0.155. The van der Waals surface area contributed by atoms with Crippen molar-refractivity contribution in [3.63, 3.8) is 0 Å². The molecule has 2 aliphatic rings. The topological polar surface area (TPSA) is 43.4 Å². The highest BCUT2D eigenvalue weighted by atomic mass is 19.2. The fourth-order valence-electron chi connectivity index (χ4n) is 1.41. The summed E-state index contributed by atoms with van der Waals surface area (Å²) < 4.78 is 55.7. The van der Waals surface area contributed by atoms with Crippen LogP contribution in [0.1, 0.15) is 0 Å². The van der Waals surface area contributed by atoms with Gasteiger partial charge in [-0.2, -0.15) is 0 Å². The van der Waals surface area contributed by atoms with Crippen molar-refractivity contribution < 1.29 is 31.9 Å². The summed E-state index contributed by atoms with van der Waals surface area (Å²) in [4.78, 5) is 21.6. The van der Waals surface area contributed by atoms with Crippen LogP contribution >= 0.6 is 0 Å². The van der Waals surface area contributed by atoms with Crippen LogP contribution in [0.2, 0.25) is 0 Å². The summed E-state index contributed by atoms with van der Waals surface area (Å²) in [5.41, 5.74) is -3.56. The Morgan fingerprint density at radius 3 is 2.47 bits per heavy atom. The smallest absolute Gasteiger partial charge is 0.360 e. The van der Waals surface area contributed by atoms with Crippen molar-refractivity contribution in [3.05, 3.63) is 23.6 Å². The number of alkyl halides is 1. The Labute approximate surface area is 80.0 Å². The minimum absolute atomic E-state index is 0.186. The van der Waals surface area contributed by atoms with Gasteiger partial charge in [-0.05, 0) is 6.08 Å². The molecule has 2 rings (SSSR count). The summed E-state index contributed by atoms with van der Waals surface area (Å²) in [5.74, 6) is -11.5. The van der Waals surface area contributed by atoms with Gasteiger partial charge in [-0.25, -0.2) is 22.4 Å². The van der Waals surface area contributed by atoms with Crippen LogP contribution in [-0.4, -0.2) is 17.6 Å². The van der Waals surface area contributed by atoms with E-state index in [0.29, 0.717) is 0 Å². The predicted octanol–water partition coefficient (Wildman–Crippen LogP) is 1.41. The molecule has 2 unspecified atom stereocenters. The number of fused-ring (bicyclic) bond motifs is 1. The third kappa shape index (κ3) is 0.999. The summed E-state index contributed by atoms with van der Waals surface area (Å²) in [6.45, 7) is 0. The van der Waals surface area contributed by atoms with Gasteiger partial charge in [0.05, 0.1) is 0 Å². The number of hydrogen-bond donors (Lipinski definition) is 0. The van der Waals surface area contributed by atoms with Gasteiger partial charge in [0, 0.05) is 0 Å². The molecular formula is C8H2F4O3. The molecule has 1 aliphatic carbocycles. The summed E-state index contributed by atoms with van der Waals surface area (Å²) in [6.07, 6.45) is 0.186. The van der Waals surface area contributed by atoms with Gasteiger partial charge in [0.25, 0.3) is 5.67 Å². The first-order valence-corrected chi connectivity index (χ1v) is 3.77. The van der Waals surface area contributed by atoms with E-state index in [1.807, 2.05) is 0 Å². The largest absolute Gasteiger partial charge is 0.390 e. The SMILES string of the molecule is O=C1OC(=O)C2(F)C(F)=C(F)C(F)=CC12. The molecule has 0 saturated carbocycles. The van der Waals surface area contributed by atoms with Gasteiger partial charge in [-0.1, -0.05) is 0 Å². The van der Waals surface area contributed by atoms with Crippen LogP contribution in [0.4, 0.5) is 17.6 Å². The lowest BCUT2D eigenvalue weighted by Gasteiger charge is -2.20. The van der Waals surface area contributed by atoms with Crippen molar-refractivity contribution in [1.82, 2.24) is 0 Å². The van der Waals surface area contributed by atoms with Crippen LogP contribution in [0.5, 0.6) is 0 Å². The Hall–Kier alpha value is -1.66. The molecule has 0 amide bonds. The van der Waals surface area contributed by atoms with Crippen molar-refractivity contribution >= 4 is 11.9 Å². The van der Waals surface area contributed by atoms with Crippen molar-refractivity contribution in [2.45, 2.75) is 5.67 Å². The molecule has 1 aliphatic heterocycles. The third-order valence-corrected chi connectivity index (χ3v) is 2.21. The second-order valence-corrected chi connectivity index (χ2v) is 3.04. The van der Waals surface area contributed by atoms with E-state index in [4.69, 9.17) is 0 Å². The summed E-state index contributed by atoms with van der Waals surface area (Å²) in [6, 6.07) is 0. The van der Waals surface area contributed by atoms with Crippen molar-refractivity contribution in [3.8, 4) is 0 Å². The van der Waals surface area contributed by atoms with Gasteiger partial charge >= 0.3 is 11.9 Å². The highest BCUT2D eigenvalue weighted by Gasteiger charge is 2.64. The standard InChI is InChI=1S/C8H2F4O3/c9-3-1-2-6(13)15-7(14)8(2,12)5(11)4(3)10/h1-2H. The average Bonchev–Trinajstić information content (AvgIpc) is 2.39. The van der Waals surface area contributed by atoms with E-state index >= 15 is 0 Å². The number of halogens is 4. The molecule has 0 radical (unpaired) electrons. The number of carbonyl (C=O) groups is 2. The van der Waals surface area contributed by atoms with Crippen molar-refractivity contribution in [2.75, 3.05) is 0 Å². The molecule has 7 heteroatoms. The molecule has 0 N–H and O–H groups in total. The second kappa shape index (κ2) is 2.68. The minimum Gasteiger partial charge on any atom is -0.390 e. The van der Waals surface area contributed by atoms with Gasteiger partial charge < -0.3 is 4.74 Å². The van der Waals surface area contributed by atoms with E-state index in [0.717, 1.165) is 0 Å². The molecular weight excluding hydrogens is 220 g/mol. The number of ether oxygens (including phenoxy) is 1. The summed E-state index contributed by atoms with van der Waals surface area (Å²) in [7, 11) is 0. The number of esters is 2. The first-order valence-electron chi connectivity index (χ1n) is 3.77. The average molecular weight is 222 g/mol. The van der Waals surface area contributed by atoms with Gasteiger partial charge in [0.15, 0.2) is 17.5 Å². The molecule has 2 atom stereocenters. The van der Waals surface area contributed by atoms with Crippen LogP contribution in [0, 0.1) is 5.92 Å². The Morgan fingerprint density at radius 1 is 1.27 bits per heavy atom. The molecule has 15 heavy (non-hydrogen) atoms.